The molecule has 0 aromatic carbocycles. The predicted octanol–water partition coefficient (Wildman–Crippen LogP) is 1.23. The van der Waals surface area contributed by atoms with Gasteiger partial charge in [-0.2, -0.15) is 13.2 Å². The molecule has 1 aromatic heterocycles. The van der Waals surface area contributed by atoms with Crippen LogP contribution in [0.2, 0.25) is 5.15 Å². The quantitative estimate of drug-likeness (QED) is 0.727. The van der Waals surface area contributed by atoms with Crippen molar-refractivity contribution in [3.05, 3.63) is 28.5 Å². The molecule has 18 heavy (non-hydrogen) atoms. The van der Waals surface area contributed by atoms with Gasteiger partial charge >= 0.3 is 12.1 Å². The summed E-state index contributed by atoms with van der Waals surface area (Å²) in [5.74, 6) is -1.86. The first-order chi connectivity index (χ1) is 8.14. The third-order valence-corrected chi connectivity index (χ3v) is 2.29. The molecule has 0 aliphatic heterocycles. The van der Waals surface area contributed by atoms with Gasteiger partial charge in [-0.3, -0.25) is 0 Å². The fraction of sp³-hybridized carbons (Fsp3) is 0.333. The van der Waals surface area contributed by atoms with Crippen molar-refractivity contribution in [1.82, 2.24) is 4.98 Å². The minimum absolute atomic E-state index is 0.357. The van der Waals surface area contributed by atoms with Crippen LogP contribution in [0.5, 0.6) is 0 Å². The number of rotatable bonds is 3. The zero-order valence-corrected chi connectivity index (χ0v) is 9.27. The van der Waals surface area contributed by atoms with Gasteiger partial charge in [-0.15, -0.1) is 0 Å². The van der Waals surface area contributed by atoms with Gasteiger partial charge in [0.1, 0.15) is 11.3 Å². The summed E-state index contributed by atoms with van der Waals surface area (Å²) in [5.41, 5.74) is -2.21. The number of hydrogen-bond donors (Lipinski definition) is 3. The number of aliphatic hydroxyl groups excluding tert-OH is 2. The Morgan fingerprint density at radius 3 is 2.39 bits per heavy atom. The van der Waals surface area contributed by atoms with Crippen LogP contribution in [0.1, 0.15) is 17.2 Å². The van der Waals surface area contributed by atoms with Crippen molar-refractivity contribution in [2.45, 2.75) is 18.4 Å². The normalized spacial score (nSPS) is 15.2. The van der Waals surface area contributed by atoms with Crippen molar-refractivity contribution >= 4 is 17.6 Å². The minimum atomic E-state index is -4.86. The molecule has 1 rings (SSSR count). The molecule has 0 radical (unpaired) electrons. The van der Waals surface area contributed by atoms with Gasteiger partial charge in [-0.25, -0.2) is 9.78 Å². The number of pyridine rings is 1. The molecule has 0 spiro atoms. The summed E-state index contributed by atoms with van der Waals surface area (Å²) in [6.07, 6.45) is -9.16. The Labute approximate surface area is 103 Å². The van der Waals surface area contributed by atoms with E-state index in [0.29, 0.717) is 12.3 Å². The molecule has 3 N–H and O–H groups in total. The molecular weight excluding hydrogens is 279 g/mol. The van der Waals surface area contributed by atoms with Gasteiger partial charge in [0.2, 0.25) is 0 Å². The van der Waals surface area contributed by atoms with E-state index >= 15 is 0 Å². The van der Waals surface area contributed by atoms with Crippen LogP contribution in [-0.2, 0) is 11.0 Å². The van der Waals surface area contributed by atoms with Gasteiger partial charge in [-0.1, -0.05) is 11.6 Å². The van der Waals surface area contributed by atoms with Gasteiger partial charge in [0.05, 0.1) is 5.56 Å². The number of carboxylic acids is 1. The lowest BCUT2D eigenvalue weighted by Crippen LogP contribution is -2.29. The van der Waals surface area contributed by atoms with E-state index in [2.05, 4.69) is 4.98 Å². The average Bonchev–Trinajstić information content (AvgIpc) is 2.25. The molecule has 1 heterocycles. The number of carboxylic acid groups (broad SMARTS) is 1. The molecule has 5 nitrogen and oxygen atoms in total. The monoisotopic (exact) mass is 285 g/mol. The van der Waals surface area contributed by atoms with Crippen LogP contribution >= 0.6 is 11.6 Å². The topological polar surface area (TPSA) is 90.7 Å². The molecule has 0 bridgehead atoms. The van der Waals surface area contributed by atoms with Crippen LogP contribution in [0.15, 0.2) is 12.3 Å². The van der Waals surface area contributed by atoms with Gasteiger partial charge < -0.3 is 15.3 Å². The number of aliphatic hydroxyl groups is 2. The number of aliphatic carboxylic acids is 1. The summed E-state index contributed by atoms with van der Waals surface area (Å²) in [5, 5.41) is 26.5. The van der Waals surface area contributed by atoms with E-state index in [1.807, 2.05) is 0 Å². The number of aromatic nitrogens is 1. The number of nitrogens with zero attached hydrogens (tertiary/aromatic N) is 1. The van der Waals surface area contributed by atoms with E-state index in [-0.39, 0.29) is 5.15 Å². The lowest BCUT2D eigenvalue weighted by molar-refractivity contribution is -0.155. The molecule has 0 amide bonds. The maximum absolute atomic E-state index is 12.6. The summed E-state index contributed by atoms with van der Waals surface area (Å²) < 4.78 is 37.7. The third-order valence-electron chi connectivity index (χ3n) is 2.08. The van der Waals surface area contributed by atoms with E-state index in [1.54, 1.807) is 0 Å². The Balaban J connectivity index is 3.29. The first-order valence-electron chi connectivity index (χ1n) is 4.46. The number of hydrogen-bond acceptors (Lipinski definition) is 4. The van der Waals surface area contributed by atoms with Gasteiger partial charge in [0.25, 0.3) is 0 Å². The summed E-state index contributed by atoms with van der Waals surface area (Å²) in [6, 6.07) is 0.654. The van der Waals surface area contributed by atoms with E-state index in [9.17, 15) is 23.1 Å². The highest BCUT2D eigenvalue weighted by molar-refractivity contribution is 6.29. The van der Waals surface area contributed by atoms with Crippen LogP contribution in [0.4, 0.5) is 13.2 Å². The fourth-order valence-electron chi connectivity index (χ4n) is 1.23. The molecule has 0 aliphatic carbocycles. The Bertz CT molecular complexity index is 466. The van der Waals surface area contributed by atoms with Crippen LogP contribution in [0, 0.1) is 0 Å². The first-order valence-corrected chi connectivity index (χ1v) is 4.84. The SMILES string of the molecule is O=C(O)C(O)C(O)c1cc(Cl)ncc1C(F)(F)F. The second-order valence-corrected chi connectivity index (χ2v) is 3.71. The largest absolute Gasteiger partial charge is 0.479 e. The highest BCUT2D eigenvalue weighted by Gasteiger charge is 2.38. The molecule has 1 aromatic rings. The second-order valence-electron chi connectivity index (χ2n) is 3.32. The van der Waals surface area contributed by atoms with E-state index < -0.39 is 35.5 Å². The van der Waals surface area contributed by atoms with Crippen molar-refractivity contribution in [3.8, 4) is 0 Å². The van der Waals surface area contributed by atoms with Crippen molar-refractivity contribution in [3.63, 3.8) is 0 Å². The van der Waals surface area contributed by atoms with Crippen LogP contribution in [0.3, 0.4) is 0 Å². The fourth-order valence-corrected chi connectivity index (χ4v) is 1.40. The Morgan fingerprint density at radius 2 is 1.94 bits per heavy atom. The average molecular weight is 286 g/mol. The Morgan fingerprint density at radius 1 is 1.39 bits per heavy atom. The van der Waals surface area contributed by atoms with Crippen LogP contribution in [-0.4, -0.2) is 32.4 Å². The lowest BCUT2D eigenvalue weighted by Gasteiger charge is -2.19. The maximum atomic E-state index is 12.6. The molecule has 0 saturated heterocycles. The van der Waals surface area contributed by atoms with Gasteiger partial charge in [-0.05, 0) is 6.07 Å². The van der Waals surface area contributed by atoms with Gasteiger partial charge in [0, 0.05) is 11.8 Å². The number of alkyl halides is 3. The Kier molecular flexibility index (Phi) is 4.15. The van der Waals surface area contributed by atoms with E-state index in [0.717, 1.165) is 0 Å². The standard InChI is InChI=1S/C9H7ClF3NO4/c10-5-1-3(6(15)7(16)8(17)18)4(2-14-5)9(11,12)13/h1-2,6-7,15-16H,(H,17,18). The number of carbonyl (C=O) groups is 1. The summed E-state index contributed by atoms with van der Waals surface area (Å²) in [4.78, 5) is 13.6. The second kappa shape index (κ2) is 5.09. The molecular formula is C9H7ClF3NO4. The van der Waals surface area contributed by atoms with Crippen molar-refractivity contribution in [1.29, 1.82) is 0 Å². The summed E-state index contributed by atoms with van der Waals surface area (Å²) in [6.45, 7) is 0. The van der Waals surface area contributed by atoms with Crippen molar-refractivity contribution in [2.24, 2.45) is 0 Å². The molecule has 0 saturated carbocycles. The lowest BCUT2D eigenvalue weighted by atomic mass is 10.0. The van der Waals surface area contributed by atoms with Crippen LogP contribution in [0.25, 0.3) is 0 Å². The Hall–Kier alpha value is -1.38. The summed E-state index contributed by atoms with van der Waals surface area (Å²) in [7, 11) is 0. The zero-order chi connectivity index (χ0) is 14.1. The number of halogens is 4. The molecule has 9 heteroatoms. The van der Waals surface area contributed by atoms with E-state index in [4.69, 9.17) is 21.8 Å². The zero-order valence-electron chi connectivity index (χ0n) is 8.52. The van der Waals surface area contributed by atoms with E-state index in [1.165, 1.54) is 0 Å². The molecule has 0 fully saturated rings. The first kappa shape index (κ1) is 14.7. The predicted molar refractivity (Wildman–Crippen MR) is 52.9 cm³/mol. The summed E-state index contributed by atoms with van der Waals surface area (Å²) >= 11 is 5.38. The minimum Gasteiger partial charge on any atom is -0.479 e. The molecule has 2 unspecified atom stereocenters. The maximum Gasteiger partial charge on any atom is 0.418 e. The molecule has 2 atom stereocenters. The third kappa shape index (κ3) is 3.09. The smallest absolute Gasteiger partial charge is 0.418 e. The van der Waals surface area contributed by atoms with Crippen LogP contribution < -0.4 is 0 Å². The molecule has 100 valence electrons. The highest BCUT2D eigenvalue weighted by atomic mass is 35.5. The van der Waals surface area contributed by atoms with Crippen molar-refractivity contribution in [2.75, 3.05) is 0 Å². The van der Waals surface area contributed by atoms with Gasteiger partial charge in [0.15, 0.2) is 6.10 Å². The highest BCUT2D eigenvalue weighted by Crippen LogP contribution is 2.36. The molecule has 0 aliphatic rings. The van der Waals surface area contributed by atoms with Crippen molar-refractivity contribution < 1.29 is 33.3 Å².